The van der Waals surface area contributed by atoms with Gasteiger partial charge in [-0.05, 0) is 124 Å². The van der Waals surface area contributed by atoms with Gasteiger partial charge in [0.15, 0.2) is 0 Å². The number of carbonyl (C=O) groups is 1. The van der Waals surface area contributed by atoms with Crippen molar-refractivity contribution in [3.05, 3.63) is 93.8 Å². The number of rotatable bonds is 6. The summed E-state index contributed by atoms with van der Waals surface area (Å²) in [6.45, 7) is 0. The Kier molecular flexibility index (Phi) is 9.60. The maximum Gasteiger partial charge on any atom is 0.318 e. The van der Waals surface area contributed by atoms with Crippen LogP contribution in [0, 0.1) is 20.2 Å². The molecule has 3 rings (SSSR count). The molecule has 0 aliphatic heterocycles. The van der Waals surface area contributed by atoms with Crippen LogP contribution in [0.15, 0.2) is 67.3 Å². The molecule has 38 heavy (non-hydrogen) atoms. The van der Waals surface area contributed by atoms with Crippen molar-refractivity contribution in [2.75, 3.05) is 7.11 Å². The monoisotopic (exact) mass is 926 g/mol. The number of ketones is 1. The first kappa shape index (κ1) is 31.3. The fraction of sp³-hybridized carbons (Fsp3) is 0.0500. The van der Waals surface area contributed by atoms with Crippen molar-refractivity contribution >= 4 is 123 Å². The van der Waals surface area contributed by atoms with Gasteiger partial charge in [0.05, 0.1) is 30.4 Å². The first-order valence-electron chi connectivity index (χ1n) is 9.41. The summed E-state index contributed by atoms with van der Waals surface area (Å²) >= 11 is 19.3. The number of allylic oxidation sites excluding steroid dienone is 4. The zero-order valence-electron chi connectivity index (χ0n) is 18.1. The Hall–Kier alpha value is -1.28. The average molecular weight is 932 g/mol. The normalized spacial score (nSPS) is 15.2. The molecule has 0 bridgehead atoms. The van der Waals surface area contributed by atoms with Crippen LogP contribution in [0.4, 0.5) is 5.69 Å². The molecule has 0 heterocycles. The molecular weight excluding hydrogens is 924 g/mol. The van der Waals surface area contributed by atoms with Gasteiger partial charge in [-0.25, -0.2) is 0 Å². The van der Waals surface area contributed by atoms with Crippen LogP contribution in [0.25, 0.3) is 5.57 Å². The summed E-state index contributed by atoms with van der Waals surface area (Å²) in [5, 5.41) is 33.6. The van der Waals surface area contributed by atoms with Gasteiger partial charge < -0.3 is 5.11 Å². The first-order valence-corrected chi connectivity index (χ1v) is 15.6. The number of halogens is 6. The smallest absolute Gasteiger partial charge is 0.318 e. The Morgan fingerprint density at radius 1 is 0.921 bits per heavy atom. The second kappa shape index (κ2) is 11.7. The third-order valence-corrected chi connectivity index (χ3v) is 12.6. The molecule has 0 unspecified atom stereocenters. The molecule has 0 spiro atoms. The number of phenols is 1. The Morgan fingerprint density at radius 2 is 1.50 bits per heavy atom. The molecule has 0 fully saturated rings. The molecule has 0 aromatic heterocycles. The van der Waals surface area contributed by atoms with Crippen molar-refractivity contribution in [1.82, 2.24) is 0 Å². The van der Waals surface area contributed by atoms with Gasteiger partial charge in [-0.1, -0.05) is 0 Å². The van der Waals surface area contributed by atoms with Crippen molar-refractivity contribution in [3.8, 4) is 5.75 Å². The number of aromatic hydroxyl groups is 1. The number of phenolic OH excluding ortho intramolecular Hbond substituents is 1. The van der Waals surface area contributed by atoms with E-state index in [4.69, 9.17) is 4.18 Å². The Labute approximate surface area is 264 Å². The summed E-state index contributed by atoms with van der Waals surface area (Å²) < 4.78 is 31.4. The summed E-state index contributed by atoms with van der Waals surface area (Å²) in [6, 6.07) is 2.21. The summed E-state index contributed by atoms with van der Waals surface area (Å²) in [5.74, 6) is -1.65. The van der Waals surface area contributed by atoms with Crippen LogP contribution in [0.5, 0.6) is 5.75 Å². The van der Waals surface area contributed by atoms with Gasteiger partial charge in [0.1, 0.15) is 4.90 Å². The summed E-state index contributed by atoms with van der Waals surface area (Å²) in [5.41, 5.74) is -1.94. The van der Waals surface area contributed by atoms with Crippen LogP contribution in [-0.2, 0) is 19.1 Å². The predicted octanol–water partition coefficient (Wildman–Crippen LogP) is 7.27. The quantitative estimate of drug-likeness (QED) is 0.103. The van der Waals surface area contributed by atoms with Gasteiger partial charge in [-0.2, -0.15) is 8.42 Å². The van der Waals surface area contributed by atoms with Crippen molar-refractivity contribution < 1.29 is 32.3 Å². The van der Waals surface area contributed by atoms with Crippen molar-refractivity contribution in [2.45, 2.75) is 4.90 Å². The molecule has 0 amide bonds. The molecule has 0 radical (unpaired) electrons. The second-order valence-electron chi connectivity index (χ2n) is 7.10. The fourth-order valence-electron chi connectivity index (χ4n) is 3.34. The maximum absolute atomic E-state index is 13.2. The minimum Gasteiger partial charge on any atom is -0.501 e. The highest BCUT2D eigenvalue weighted by atomic mass is 79.9. The molecule has 1 N–H and O–H groups in total. The molecule has 0 saturated heterocycles. The minimum absolute atomic E-state index is 0.0109. The highest BCUT2D eigenvalue weighted by Gasteiger charge is 2.35. The van der Waals surface area contributed by atoms with Crippen LogP contribution in [0.2, 0.25) is 0 Å². The van der Waals surface area contributed by atoms with Crippen LogP contribution >= 0.6 is 95.6 Å². The largest absolute Gasteiger partial charge is 0.501 e. The Morgan fingerprint density at radius 3 is 2.03 bits per heavy atom. The summed E-state index contributed by atoms with van der Waals surface area (Å²) in [4.78, 5) is 33.5. The Bertz CT molecular complexity index is 1670. The number of nitro benzene ring substituents is 1. The number of nitro groups is 2. The average Bonchev–Trinajstić information content (AvgIpc) is 2.84. The zero-order valence-corrected chi connectivity index (χ0v) is 28.4. The lowest BCUT2D eigenvalue weighted by molar-refractivity contribution is -0.418. The van der Waals surface area contributed by atoms with Gasteiger partial charge in [0, 0.05) is 31.1 Å². The van der Waals surface area contributed by atoms with E-state index < -0.39 is 47.8 Å². The van der Waals surface area contributed by atoms with Crippen LogP contribution < -0.4 is 0 Å². The lowest BCUT2D eigenvalue weighted by Crippen LogP contribution is -2.16. The summed E-state index contributed by atoms with van der Waals surface area (Å²) in [6.07, 6.45) is 2.12. The maximum atomic E-state index is 13.2. The number of nitrogens with zero attached hydrogens (tertiary/aromatic N) is 2. The topological polar surface area (TPSA) is 167 Å². The van der Waals surface area contributed by atoms with Crippen LogP contribution in [-0.4, -0.2) is 36.3 Å². The van der Waals surface area contributed by atoms with Crippen LogP contribution in [0.1, 0.15) is 11.1 Å². The zero-order chi connectivity index (χ0) is 28.9. The molecule has 0 saturated carbocycles. The van der Waals surface area contributed by atoms with E-state index in [1.165, 1.54) is 12.1 Å². The fourth-order valence-corrected chi connectivity index (χ4v) is 8.35. The van der Waals surface area contributed by atoms with E-state index in [-0.39, 0.29) is 44.6 Å². The first-order chi connectivity index (χ1) is 17.5. The van der Waals surface area contributed by atoms with E-state index in [2.05, 4.69) is 95.6 Å². The Balaban J connectivity index is 2.73. The van der Waals surface area contributed by atoms with Gasteiger partial charge in [0.25, 0.3) is 15.9 Å². The van der Waals surface area contributed by atoms with Crippen LogP contribution in [0.3, 0.4) is 0 Å². The predicted molar refractivity (Wildman–Crippen MR) is 157 cm³/mol. The highest BCUT2D eigenvalue weighted by molar-refractivity contribution is 9.15. The lowest BCUT2D eigenvalue weighted by atomic mass is 9.90. The minimum atomic E-state index is -4.52. The summed E-state index contributed by atoms with van der Waals surface area (Å²) in [7, 11) is -3.60. The van der Waals surface area contributed by atoms with E-state index in [0.29, 0.717) is 4.47 Å². The third kappa shape index (κ3) is 5.63. The van der Waals surface area contributed by atoms with Gasteiger partial charge in [-0.3, -0.25) is 29.2 Å². The van der Waals surface area contributed by atoms with E-state index in [1.54, 1.807) is 0 Å². The van der Waals surface area contributed by atoms with E-state index in [0.717, 1.165) is 19.3 Å². The van der Waals surface area contributed by atoms with Gasteiger partial charge in [0.2, 0.25) is 5.75 Å². The third-order valence-electron chi connectivity index (χ3n) is 4.98. The SMILES string of the molecule is COS(=O)(=O)c1c(Br)c(Br)c(Br)c(Br)c1/C(=C1\C=C(Br)C(=O)C([N+](=O)[O-])=C1)c1cc(Br)c(O)c([N+](=O)[O-])c1. The number of benzene rings is 2. The lowest BCUT2D eigenvalue weighted by Gasteiger charge is -2.22. The molecule has 1 aliphatic rings. The number of hydrogen-bond acceptors (Lipinski definition) is 9. The molecule has 2 aromatic carbocycles. The standard InChI is InChI=1S/C20H8Br6N2O9S/c1-37-38(35,36)20-13(14(23)15(24)16(25)17(20)26)12(6-2-8(21)18(29)10(4-6)27(31)32)7-3-9(22)19(30)11(5-7)28(33)34/h2-5,29H,1H3/b12-7+. The van der Waals surface area contributed by atoms with E-state index >= 15 is 0 Å². The second-order valence-corrected chi connectivity index (χ2v) is 13.6. The van der Waals surface area contributed by atoms with Gasteiger partial charge >= 0.3 is 11.4 Å². The molecule has 0 atom stereocenters. The van der Waals surface area contributed by atoms with Crippen molar-refractivity contribution in [1.29, 1.82) is 0 Å². The van der Waals surface area contributed by atoms with E-state index in [1.807, 2.05) is 0 Å². The molecule has 2 aromatic rings. The molecular formula is C20H8Br6N2O9S. The number of hydrogen-bond donors (Lipinski definition) is 1. The molecule has 1 aliphatic carbocycles. The van der Waals surface area contributed by atoms with E-state index in [9.17, 15) is 38.5 Å². The van der Waals surface area contributed by atoms with Crippen molar-refractivity contribution in [3.63, 3.8) is 0 Å². The number of Topliss-reactive ketones (excluding diaryl/α,β-unsaturated/α-hetero) is 1. The number of carbonyl (C=O) groups excluding carboxylic acids is 1. The highest BCUT2D eigenvalue weighted by Crippen LogP contribution is 2.50. The molecule has 200 valence electrons. The molecule has 18 heteroatoms. The molecule has 11 nitrogen and oxygen atoms in total. The van der Waals surface area contributed by atoms with Crippen molar-refractivity contribution in [2.24, 2.45) is 0 Å². The van der Waals surface area contributed by atoms with Gasteiger partial charge in [-0.15, -0.1) is 0 Å².